The van der Waals surface area contributed by atoms with E-state index in [0.717, 1.165) is 37.5 Å². The maximum atomic E-state index is 5.47. The lowest BCUT2D eigenvalue weighted by atomic mass is 10.1. The topological polar surface area (TPSA) is 44.2 Å². The normalized spacial score (nSPS) is 10.7. The lowest BCUT2D eigenvalue weighted by molar-refractivity contribution is 0.340. The molecule has 0 spiro atoms. The molecule has 1 heterocycles. The van der Waals surface area contributed by atoms with E-state index in [2.05, 4.69) is 50.4 Å². The van der Waals surface area contributed by atoms with Gasteiger partial charge in [0.05, 0.1) is 18.2 Å². The first-order valence-electron chi connectivity index (χ1n) is 8.17. The van der Waals surface area contributed by atoms with Crippen LogP contribution in [0.25, 0.3) is 0 Å². The molecular formula is C19H19BrN2O2S2. The number of ether oxygens (including phenoxy) is 2. The molecule has 136 valence electrons. The number of hydrogen-bond acceptors (Lipinski definition) is 6. The van der Waals surface area contributed by atoms with Crippen molar-refractivity contribution in [2.75, 3.05) is 13.7 Å². The van der Waals surface area contributed by atoms with Crippen molar-refractivity contribution in [3.63, 3.8) is 0 Å². The molecule has 3 aromatic rings. The van der Waals surface area contributed by atoms with Gasteiger partial charge in [0, 0.05) is 12.2 Å². The van der Waals surface area contributed by atoms with E-state index in [4.69, 9.17) is 9.47 Å². The van der Waals surface area contributed by atoms with Crippen LogP contribution in [0.5, 0.6) is 11.5 Å². The Balaban J connectivity index is 1.56. The van der Waals surface area contributed by atoms with Crippen molar-refractivity contribution in [1.29, 1.82) is 0 Å². The number of rotatable bonds is 8. The quantitative estimate of drug-likeness (QED) is 0.418. The minimum absolute atomic E-state index is 0.682. The van der Waals surface area contributed by atoms with Gasteiger partial charge >= 0.3 is 0 Å². The number of hydrogen-bond donors (Lipinski definition) is 0. The fraction of sp³-hybridized carbons (Fsp3) is 0.263. The Labute approximate surface area is 170 Å². The van der Waals surface area contributed by atoms with Gasteiger partial charge in [0.1, 0.15) is 16.5 Å². The highest BCUT2D eigenvalue weighted by Crippen LogP contribution is 2.31. The maximum absolute atomic E-state index is 5.47. The number of nitrogens with zero attached hydrogens (tertiary/aromatic N) is 2. The van der Waals surface area contributed by atoms with Crippen LogP contribution in [0.1, 0.15) is 23.1 Å². The van der Waals surface area contributed by atoms with E-state index < -0.39 is 0 Å². The third-order valence-electron chi connectivity index (χ3n) is 3.62. The summed E-state index contributed by atoms with van der Waals surface area (Å²) >= 11 is 6.87. The van der Waals surface area contributed by atoms with E-state index in [1.807, 2.05) is 25.1 Å². The Bertz CT molecular complexity index is 853. The molecule has 0 bridgehead atoms. The van der Waals surface area contributed by atoms with Crippen molar-refractivity contribution in [2.45, 2.75) is 23.4 Å². The van der Waals surface area contributed by atoms with Crippen LogP contribution >= 0.6 is 39.0 Å². The lowest BCUT2D eigenvalue weighted by Crippen LogP contribution is -1.92. The molecule has 26 heavy (non-hydrogen) atoms. The summed E-state index contributed by atoms with van der Waals surface area (Å²) < 4.78 is 12.7. The fourth-order valence-electron chi connectivity index (χ4n) is 2.36. The van der Waals surface area contributed by atoms with E-state index in [0.29, 0.717) is 6.61 Å². The predicted octanol–water partition coefficient (Wildman–Crippen LogP) is 5.59. The summed E-state index contributed by atoms with van der Waals surface area (Å²) in [7, 11) is 1.67. The van der Waals surface area contributed by atoms with Crippen LogP contribution in [0.3, 0.4) is 0 Å². The first-order chi connectivity index (χ1) is 12.7. The van der Waals surface area contributed by atoms with E-state index >= 15 is 0 Å². The number of benzene rings is 2. The van der Waals surface area contributed by atoms with Crippen LogP contribution in [0.4, 0.5) is 0 Å². The summed E-state index contributed by atoms with van der Waals surface area (Å²) in [6, 6.07) is 14.3. The monoisotopic (exact) mass is 450 g/mol. The molecule has 7 heteroatoms. The largest absolute Gasteiger partial charge is 0.496 e. The van der Waals surface area contributed by atoms with Gasteiger partial charge < -0.3 is 9.47 Å². The van der Waals surface area contributed by atoms with Crippen molar-refractivity contribution in [3.8, 4) is 11.5 Å². The molecule has 0 aliphatic heterocycles. The minimum atomic E-state index is 0.682. The number of halogens is 1. The Hall–Kier alpha value is -1.57. The molecule has 1 aromatic heterocycles. The van der Waals surface area contributed by atoms with E-state index in [1.165, 1.54) is 11.1 Å². The maximum Gasteiger partial charge on any atom is 0.174 e. The second-order valence-electron chi connectivity index (χ2n) is 5.47. The van der Waals surface area contributed by atoms with Gasteiger partial charge in [0.2, 0.25) is 0 Å². The van der Waals surface area contributed by atoms with Gasteiger partial charge in [-0.15, -0.1) is 10.2 Å². The molecule has 2 aromatic carbocycles. The zero-order valence-corrected chi connectivity index (χ0v) is 17.8. The summed E-state index contributed by atoms with van der Waals surface area (Å²) in [4.78, 5) is 0. The van der Waals surface area contributed by atoms with Crippen LogP contribution in [-0.2, 0) is 12.2 Å². The van der Waals surface area contributed by atoms with E-state index in [1.54, 1.807) is 30.2 Å². The molecule has 0 aliphatic carbocycles. The van der Waals surface area contributed by atoms with Crippen LogP contribution in [0.15, 0.2) is 51.3 Å². The highest BCUT2D eigenvalue weighted by atomic mass is 79.9. The third-order valence-corrected chi connectivity index (χ3v) is 6.36. The molecule has 0 saturated heterocycles. The standard InChI is InChI=1S/C19H19BrN2O2S2/c1-3-24-15-7-4-13(5-8-15)11-18-21-22-19(26-18)25-12-14-6-9-17(23-2)16(20)10-14/h4-10H,3,11-12H2,1-2H3. The van der Waals surface area contributed by atoms with Crippen LogP contribution in [-0.4, -0.2) is 23.9 Å². The summed E-state index contributed by atoms with van der Waals surface area (Å²) in [5.41, 5.74) is 2.42. The number of aromatic nitrogens is 2. The molecular weight excluding hydrogens is 432 g/mol. The number of methoxy groups -OCH3 is 1. The minimum Gasteiger partial charge on any atom is -0.496 e. The van der Waals surface area contributed by atoms with E-state index in [9.17, 15) is 0 Å². The van der Waals surface area contributed by atoms with Crippen molar-refractivity contribution in [2.24, 2.45) is 0 Å². The first kappa shape index (κ1) is 19.2. The van der Waals surface area contributed by atoms with Crippen LogP contribution in [0, 0.1) is 0 Å². The predicted molar refractivity (Wildman–Crippen MR) is 111 cm³/mol. The summed E-state index contributed by atoms with van der Waals surface area (Å²) in [5, 5.41) is 9.64. The molecule has 0 N–H and O–H groups in total. The third kappa shape index (κ3) is 5.22. The van der Waals surface area contributed by atoms with E-state index in [-0.39, 0.29) is 0 Å². The lowest BCUT2D eigenvalue weighted by Gasteiger charge is -2.05. The van der Waals surface area contributed by atoms with Gasteiger partial charge in [-0.05, 0) is 58.2 Å². The molecule has 4 nitrogen and oxygen atoms in total. The Kier molecular flexibility index (Phi) is 6.93. The molecule has 0 saturated carbocycles. The Morgan fingerprint density at radius 2 is 1.85 bits per heavy atom. The summed E-state index contributed by atoms with van der Waals surface area (Å²) in [5.74, 6) is 2.59. The van der Waals surface area contributed by atoms with Crippen molar-refractivity contribution in [3.05, 3.63) is 63.1 Å². The first-order valence-corrected chi connectivity index (χ1v) is 10.8. The van der Waals surface area contributed by atoms with Crippen molar-refractivity contribution >= 4 is 39.0 Å². The second-order valence-corrected chi connectivity index (χ2v) is 8.61. The molecule has 0 atom stereocenters. The highest BCUT2D eigenvalue weighted by Gasteiger charge is 2.08. The fourth-order valence-corrected chi connectivity index (χ4v) is 4.82. The van der Waals surface area contributed by atoms with Gasteiger partial charge in [-0.3, -0.25) is 0 Å². The zero-order valence-electron chi connectivity index (χ0n) is 14.6. The van der Waals surface area contributed by atoms with Gasteiger partial charge in [-0.25, -0.2) is 0 Å². The summed E-state index contributed by atoms with van der Waals surface area (Å²) in [6.45, 7) is 2.67. The average Bonchev–Trinajstić information content (AvgIpc) is 3.09. The molecule has 3 rings (SSSR count). The summed E-state index contributed by atoms with van der Waals surface area (Å²) in [6.07, 6.45) is 0.790. The zero-order chi connectivity index (χ0) is 18.4. The van der Waals surface area contributed by atoms with Crippen LogP contribution in [0.2, 0.25) is 0 Å². The molecule has 0 unspecified atom stereocenters. The Morgan fingerprint density at radius 3 is 2.54 bits per heavy atom. The van der Waals surface area contributed by atoms with Crippen LogP contribution < -0.4 is 9.47 Å². The molecule has 0 aliphatic rings. The molecule has 0 radical (unpaired) electrons. The highest BCUT2D eigenvalue weighted by molar-refractivity contribution is 9.10. The van der Waals surface area contributed by atoms with Crippen molar-refractivity contribution in [1.82, 2.24) is 10.2 Å². The SMILES string of the molecule is CCOc1ccc(Cc2nnc(SCc3ccc(OC)c(Br)c3)s2)cc1. The second kappa shape index (κ2) is 9.39. The van der Waals surface area contributed by atoms with Crippen molar-refractivity contribution < 1.29 is 9.47 Å². The van der Waals surface area contributed by atoms with Gasteiger partial charge in [0.15, 0.2) is 4.34 Å². The van der Waals surface area contributed by atoms with Gasteiger partial charge in [0.25, 0.3) is 0 Å². The Morgan fingerprint density at radius 1 is 1.08 bits per heavy atom. The van der Waals surface area contributed by atoms with Gasteiger partial charge in [-0.1, -0.05) is 41.3 Å². The number of thioether (sulfide) groups is 1. The molecule has 0 fully saturated rings. The molecule has 0 amide bonds. The average molecular weight is 451 g/mol. The smallest absolute Gasteiger partial charge is 0.174 e. The van der Waals surface area contributed by atoms with Gasteiger partial charge in [-0.2, -0.15) is 0 Å².